The molecule has 10 nitrogen and oxygen atoms in total. The Kier molecular flexibility index (Phi) is 6.77. The third-order valence-electron chi connectivity index (χ3n) is 5.39. The minimum atomic E-state index is -0.0341. The number of hydrogen-bond acceptors (Lipinski definition) is 9. The van der Waals surface area contributed by atoms with E-state index in [0.29, 0.717) is 44.4 Å². The van der Waals surface area contributed by atoms with E-state index in [1.807, 2.05) is 30.1 Å². The topological polar surface area (TPSA) is 100 Å². The molecule has 5 heterocycles. The molecule has 0 saturated carbocycles. The van der Waals surface area contributed by atoms with Gasteiger partial charge in [0.05, 0.1) is 49.0 Å². The first kappa shape index (κ1) is 22.8. The van der Waals surface area contributed by atoms with Gasteiger partial charge in [-0.15, -0.1) is 11.3 Å². The van der Waals surface area contributed by atoms with E-state index in [0.717, 1.165) is 33.7 Å². The van der Waals surface area contributed by atoms with E-state index < -0.39 is 0 Å². The van der Waals surface area contributed by atoms with Gasteiger partial charge in [0.1, 0.15) is 11.6 Å². The van der Waals surface area contributed by atoms with Crippen molar-refractivity contribution in [3.05, 3.63) is 41.7 Å². The highest BCUT2D eigenvalue weighted by atomic mass is 32.1. The van der Waals surface area contributed by atoms with Crippen molar-refractivity contribution in [2.45, 2.75) is 39.0 Å². The van der Waals surface area contributed by atoms with Gasteiger partial charge in [0.15, 0.2) is 0 Å². The molecule has 5 rings (SSSR count). The summed E-state index contributed by atoms with van der Waals surface area (Å²) in [6, 6.07) is 4.41. The molecule has 1 saturated heterocycles. The Morgan fingerprint density at radius 3 is 3.00 bits per heavy atom. The van der Waals surface area contributed by atoms with Crippen LogP contribution in [0.1, 0.15) is 25.8 Å². The zero-order valence-electron chi connectivity index (χ0n) is 19.5. The van der Waals surface area contributed by atoms with E-state index in [1.54, 1.807) is 22.2 Å². The van der Waals surface area contributed by atoms with Gasteiger partial charge in [0.25, 0.3) is 0 Å². The SMILES string of the molecule is CC(C)NCOCc1csc(Nc2nc(O[C@H]3CCOC3)c3c(ccn3-c3cnn(C)c3)n2)c1. The summed E-state index contributed by atoms with van der Waals surface area (Å²) >= 11 is 1.59. The molecule has 1 fully saturated rings. The van der Waals surface area contributed by atoms with E-state index in [2.05, 4.69) is 41.0 Å². The zero-order valence-corrected chi connectivity index (χ0v) is 20.3. The molecule has 34 heavy (non-hydrogen) atoms. The molecule has 2 N–H and O–H groups in total. The number of nitrogens with one attached hydrogen (secondary N) is 2. The first-order valence-corrected chi connectivity index (χ1v) is 12.2. The third-order valence-corrected chi connectivity index (χ3v) is 6.28. The highest BCUT2D eigenvalue weighted by Crippen LogP contribution is 2.31. The number of aryl methyl sites for hydroxylation is 1. The molecule has 0 spiro atoms. The van der Waals surface area contributed by atoms with Crippen LogP contribution in [0.4, 0.5) is 10.9 Å². The number of ether oxygens (including phenoxy) is 3. The largest absolute Gasteiger partial charge is 0.470 e. The van der Waals surface area contributed by atoms with Crippen LogP contribution in [0.3, 0.4) is 0 Å². The van der Waals surface area contributed by atoms with Crippen molar-refractivity contribution in [1.29, 1.82) is 0 Å². The van der Waals surface area contributed by atoms with Gasteiger partial charge in [0, 0.05) is 31.9 Å². The van der Waals surface area contributed by atoms with Crippen molar-refractivity contribution in [2.24, 2.45) is 7.05 Å². The van der Waals surface area contributed by atoms with E-state index in [1.165, 1.54) is 0 Å². The van der Waals surface area contributed by atoms with Crippen LogP contribution < -0.4 is 15.4 Å². The van der Waals surface area contributed by atoms with Crippen molar-refractivity contribution in [2.75, 3.05) is 25.3 Å². The van der Waals surface area contributed by atoms with Crippen LogP contribution in [0.5, 0.6) is 5.88 Å². The Labute approximate surface area is 201 Å². The molecule has 0 bridgehead atoms. The summed E-state index contributed by atoms with van der Waals surface area (Å²) in [7, 11) is 1.89. The first-order chi connectivity index (χ1) is 16.5. The van der Waals surface area contributed by atoms with Crippen LogP contribution in [-0.2, 0) is 23.1 Å². The Morgan fingerprint density at radius 1 is 1.32 bits per heavy atom. The van der Waals surface area contributed by atoms with Gasteiger partial charge in [-0.25, -0.2) is 4.98 Å². The molecule has 0 unspecified atom stereocenters. The highest BCUT2D eigenvalue weighted by Gasteiger charge is 2.22. The van der Waals surface area contributed by atoms with E-state index in [-0.39, 0.29) is 6.10 Å². The lowest BCUT2D eigenvalue weighted by atomic mass is 10.3. The summed E-state index contributed by atoms with van der Waals surface area (Å²) in [6.45, 7) is 6.50. The number of nitrogens with zero attached hydrogens (tertiary/aromatic N) is 5. The van der Waals surface area contributed by atoms with Crippen LogP contribution in [0, 0.1) is 0 Å². The van der Waals surface area contributed by atoms with Crippen LogP contribution >= 0.6 is 11.3 Å². The maximum atomic E-state index is 6.30. The molecule has 0 aliphatic carbocycles. The fourth-order valence-corrected chi connectivity index (χ4v) is 4.47. The molecule has 4 aromatic heterocycles. The van der Waals surface area contributed by atoms with Gasteiger partial charge in [-0.3, -0.25) is 10.00 Å². The first-order valence-electron chi connectivity index (χ1n) is 11.3. The predicted octanol–water partition coefficient (Wildman–Crippen LogP) is 3.60. The number of rotatable bonds is 10. The Bertz CT molecular complexity index is 1240. The van der Waals surface area contributed by atoms with E-state index >= 15 is 0 Å². The highest BCUT2D eigenvalue weighted by molar-refractivity contribution is 7.14. The summed E-state index contributed by atoms with van der Waals surface area (Å²) in [5, 5.41) is 13.9. The molecular formula is C23H29N7O3S. The van der Waals surface area contributed by atoms with Crippen molar-refractivity contribution in [3.63, 3.8) is 0 Å². The minimum absolute atomic E-state index is 0.0341. The second-order valence-electron chi connectivity index (χ2n) is 8.54. The Morgan fingerprint density at radius 2 is 2.24 bits per heavy atom. The maximum Gasteiger partial charge on any atom is 0.244 e. The molecule has 1 aliphatic heterocycles. The van der Waals surface area contributed by atoms with Crippen LogP contribution in [0.15, 0.2) is 36.1 Å². The summed E-state index contributed by atoms with van der Waals surface area (Å²) in [5.41, 5.74) is 3.61. The molecule has 1 atom stereocenters. The summed E-state index contributed by atoms with van der Waals surface area (Å²) in [6.07, 6.45) is 6.51. The van der Waals surface area contributed by atoms with E-state index in [4.69, 9.17) is 24.2 Å². The minimum Gasteiger partial charge on any atom is -0.470 e. The Hall–Kier alpha value is -2.99. The molecule has 11 heteroatoms. The second-order valence-corrected chi connectivity index (χ2v) is 9.45. The molecule has 0 aromatic carbocycles. The predicted molar refractivity (Wildman–Crippen MR) is 131 cm³/mol. The molecule has 0 amide bonds. The van der Waals surface area contributed by atoms with Gasteiger partial charge < -0.3 is 24.1 Å². The second kappa shape index (κ2) is 10.1. The number of anilines is 2. The smallest absolute Gasteiger partial charge is 0.244 e. The van der Waals surface area contributed by atoms with Crippen LogP contribution in [-0.4, -0.2) is 56.4 Å². The van der Waals surface area contributed by atoms with Gasteiger partial charge in [-0.2, -0.15) is 10.1 Å². The summed E-state index contributed by atoms with van der Waals surface area (Å²) < 4.78 is 21.3. The molecule has 180 valence electrons. The van der Waals surface area contributed by atoms with Gasteiger partial charge in [0.2, 0.25) is 11.8 Å². The van der Waals surface area contributed by atoms with Crippen molar-refractivity contribution in [1.82, 2.24) is 29.6 Å². The molecule has 1 aliphatic rings. The van der Waals surface area contributed by atoms with Gasteiger partial charge in [-0.1, -0.05) is 0 Å². The maximum absolute atomic E-state index is 6.30. The lowest BCUT2D eigenvalue weighted by Crippen LogP contribution is -2.25. The standard InChI is InChI=1S/C23H29N7O3S/c1-15(2)24-14-32-11-16-8-20(34-13-16)27-23-26-19-4-6-30(17-9-25-29(3)10-17)21(19)22(28-23)33-18-5-7-31-12-18/h4,6,8-10,13,15,18,24H,5,7,11-12,14H2,1-3H3,(H,26,27,28)/t18-/m0/s1. The summed E-state index contributed by atoms with van der Waals surface area (Å²) in [5.74, 6) is 1.01. The Balaban J connectivity index is 1.39. The fraction of sp³-hybridized carbons (Fsp3) is 0.435. The van der Waals surface area contributed by atoms with E-state index in [9.17, 15) is 0 Å². The monoisotopic (exact) mass is 483 g/mol. The van der Waals surface area contributed by atoms with Crippen molar-refractivity contribution < 1.29 is 14.2 Å². The summed E-state index contributed by atoms with van der Waals surface area (Å²) in [4.78, 5) is 9.49. The average Bonchev–Trinajstić information content (AvgIpc) is 3.59. The number of aromatic nitrogens is 5. The number of fused-ring (bicyclic) bond motifs is 1. The number of hydrogen-bond donors (Lipinski definition) is 2. The normalized spacial score (nSPS) is 16.1. The molecule has 4 aromatic rings. The van der Waals surface area contributed by atoms with Gasteiger partial charge in [-0.05, 0) is 36.9 Å². The van der Waals surface area contributed by atoms with Crippen molar-refractivity contribution >= 4 is 33.3 Å². The quantitative estimate of drug-likeness (QED) is 0.261. The third kappa shape index (κ3) is 5.22. The van der Waals surface area contributed by atoms with Crippen LogP contribution in [0.25, 0.3) is 16.7 Å². The molecule has 0 radical (unpaired) electrons. The zero-order chi connectivity index (χ0) is 23.5. The molecular weight excluding hydrogens is 454 g/mol. The lowest BCUT2D eigenvalue weighted by Gasteiger charge is -2.14. The van der Waals surface area contributed by atoms with Crippen LogP contribution in [0.2, 0.25) is 0 Å². The lowest BCUT2D eigenvalue weighted by molar-refractivity contribution is 0.0985. The van der Waals surface area contributed by atoms with Crippen molar-refractivity contribution in [3.8, 4) is 11.6 Å². The van der Waals surface area contributed by atoms with Gasteiger partial charge >= 0.3 is 0 Å². The number of thiophene rings is 1. The fourth-order valence-electron chi connectivity index (χ4n) is 3.68. The average molecular weight is 484 g/mol.